The van der Waals surface area contributed by atoms with Crippen molar-refractivity contribution in [3.8, 4) is 0 Å². The molecule has 0 spiro atoms. The van der Waals surface area contributed by atoms with Crippen molar-refractivity contribution in [2.24, 2.45) is 0 Å². The number of rotatable bonds is 8. The lowest BCUT2D eigenvalue weighted by Gasteiger charge is -2.27. The van der Waals surface area contributed by atoms with Gasteiger partial charge < -0.3 is 15.0 Å². The number of hydrogen-bond acceptors (Lipinski definition) is 6. The fourth-order valence-corrected chi connectivity index (χ4v) is 4.17. The van der Waals surface area contributed by atoms with E-state index in [-0.39, 0.29) is 11.8 Å². The minimum absolute atomic E-state index is 0.281. The summed E-state index contributed by atoms with van der Waals surface area (Å²) in [5.74, 6) is -0.583. The molecule has 0 atom stereocenters. The Morgan fingerprint density at radius 2 is 1.61 bits per heavy atom. The molecule has 0 bridgehead atoms. The van der Waals surface area contributed by atoms with Crippen molar-refractivity contribution in [1.29, 1.82) is 0 Å². The minimum atomic E-state index is -0.302. The van der Waals surface area contributed by atoms with Crippen molar-refractivity contribution in [1.82, 2.24) is 9.80 Å². The SMILES string of the molecule is CN(C)c1ccc(NC2=C(c3ccc(Cl)cc3)C(=O)N(CCCN3CCOCC3)C2=O)cc1. The lowest BCUT2D eigenvalue weighted by molar-refractivity contribution is -0.136. The summed E-state index contributed by atoms with van der Waals surface area (Å²) in [7, 11) is 3.94. The maximum atomic E-state index is 13.4. The molecular formula is C25H29ClN4O3. The van der Waals surface area contributed by atoms with Gasteiger partial charge in [0.15, 0.2) is 0 Å². The molecule has 0 saturated carbocycles. The predicted molar refractivity (Wildman–Crippen MR) is 131 cm³/mol. The zero-order valence-electron chi connectivity index (χ0n) is 19.0. The molecule has 0 aromatic heterocycles. The van der Waals surface area contributed by atoms with Crippen molar-refractivity contribution in [3.63, 3.8) is 0 Å². The number of imide groups is 1. The third kappa shape index (κ3) is 5.38. The number of hydrogen-bond donors (Lipinski definition) is 1. The molecule has 1 saturated heterocycles. The van der Waals surface area contributed by atoms with Crippen LogP contribution in [0.25, 0.3) is 5.57 Å². The van der Waals surface area contributed by atoms with Crippen LogP contribution in [-0.4, -0.2) is 75.1 Å². The Morgan fingerprint density at radius 1 is 0.939 bits per heavy atom. The number of ether oxygens (including phenoxy) is 1. The van der Waals surface area contributed by atoms with Crippen molar-refractivity contribution >= 4 is 40.4 Å². The van der Waals surface area contributed by atoms with Crippen LogP contribution in [0, 0.1) is 0 Å². The molecule has 8 heteroatoms. The Labute approximate surface area is 199 Å². The fourth-order valence-electron chi connectivity index (χ4n) is 4.04. The Hall–Kier alpha value is -2.87. The topological polar surface area (TPSA) is 65.1 Å². The van der Waals surface area contributed by atoms with Crippen LogP contribution < -0.4 is 10.2 Å². The van der Waals surface area contributed by atoms with Gasteiger partial charge in [0.1, 0.15) is 5.70 Å². The van der Waals surface area contributed by atoms with Crippen molar-refractivity contribution in [3.05, 3.63) is 64.8 Å². The van der Waals surface area contributed by atoms with E-state index in [1.54, 1.807) is 24.3 Å². The summed E-state index contributed by atoms with van der Waals surface area (Å²) in [5, 5.41) is 3.79. The molecule has 2 aromatic carbocycles. The molecule has 2 amide bonds. The molecule has 33 heavy (non-hydrogen) atoms. The van der Waals surface area contributed by atoms with Gasteiger partial charge in [-0.15, -0.1) is 0 Å². The van der Waals surface area contributed by atoms with Crippen LogP contribution >= 0.6 is 11.6 Å². The van der Waals surface area contributed by atoms with Crippen LogP contribution in [0.15, 0.2) is 54.2 Å². The third-order valence-electron chi connectivity index (χ3n) is 5.91. The largest absolute Gasteiger partial charge is 0.379 e. The first kappa shape index (κ1) is 23.3. The van der Waals surface area contributed by atoms with Crippen LogP contribution in [-0.2, 0) is 14.3 Å². The third-order valence-corrected chi connectivity index (χ3v) is 6.17. The Bertz CT molecular complexity index is 1030. The second-order valence-electron chi connectivity index (χ2n) is 8.39. The van der Waals surface area contributed by atoms with E-state index in [1.165, 1.54) is 4.90 Å². The van der Waals surface area contributed by atoms with Gasteiger partial charge in [0, 0.05) is 56.7 Å². The van der Waals surface area contributed by atoms with E-state index in [4.69, 9.17) is 16.3 Å². The van der Waals surface area contributed by atoms with Crippen LogP contribution in [0.1, 0.15) is 12.0 Å². The number of amides is 2. The lowest BCUT2D eigenvalue weighted by atomic mass is 10.0. The summed E-state index contributed by atoms with van der Waals surface area (Å²) in [4.78, 5) is 32.4. The number of anilines is 2. The van der Waals surface area contributed by atoms with Crippen LogP contribution in [0.4, 0.5) is 11.4 Å². The summed E-state index contributed by atoms with van der Waals surface area (Å²) in [6.07, 6.45) is 0.718. The normalized spacial score (nSPS) is 17.1. The molecule has 0 radical (unpaired) electrons. The quantitative estimate of drug-likeness (QED) is 0.599. The van der Waals surface area contributed by atoms with Gasteiger partial charge in [-0.25, -0.2) is 0 Å². The maximum Gasteiger partial charge on any atom is 0.278 e. The van der Waals surface area contributed by atoms with E-state index < -0.39 is 0 Å². The first-order valence-corrected chi connectivity index (χ1v) is 11.5. The van der Waals surface area contributed by atoms with Gasteiger partial charge in [-0.05, 0) is 48.4 Å². The molecule has 2 aromatic rings. The van der Waals surface area contributed by atoms with E-state index >= 15 is 0 Å². The molecule has 1 fully saturated rings. The Kier molecular flexibility index (Phi) is 7.33. The average molecular weight is 469 g/mol. The van der Waals surface area contributed by atoms with Crippen LogP contribution in [0.3, 0.4) is 0 Å². The standard InChI is InChI=1S/C25H29ClN4O3/c1-28(2)21-10-8-20(9-11-21)27-23-22(18-4-6-19(26)7-5-18)24(31)30(25(23)32)13-3-12-29-14-16-33-17-15-29/h4-11,27H,3,12-17H2,1-2H3. The molecule has 0 aliphatic carbocycles. The van der Waals surface area contributed by atoms with Gasteiger partial charge in [0.2, 0.25) is 0 Å². The van der Waals surface area contributed by atoms with Crippen molar-refractivity contribution < 1.29 is 14.3 Å². The smallest absolute Gasteiger partial charge is 0.278 e. The van der Waals surface area contributed by atoms with Gasteiger partial charge in [-0.2, -0.15) is 0 Å². The second-order valence-corrected chi connectivity index (χ2v) is 8.83. The summed E-state index contributed by atoms with van der Waals surface area (Å²) < 4.78 is 5.39. The highest BCUT2D eigenvalue weighted by Gasteiger charge is 2.39. The highest BCUT2D eigenvalue weighted by atomic mass is 35.5. The Balaban J connectivity index is 1.55. The first-order valence-electron chi connectivity index (χ1n) is 11.1. The molecule has 2 aliphatic heterocycles. The van der Waals surface area contributed by atoms with Gasteiger partial charge >= 0.3 is 0 Å². The second kappa shape index (κ2) is 10.4. The van der Waals surface area contributed by atoms with E-state index in [0.29, 0.717) is 28.4 Å². The molecule has 1 N–H and O–H groups in total. The molecule has 2 heterocycles. The fraction of sp³-hybridized carbons (Fsp3) is 0.360. The van der Waals surface area contributed by atoms with E-state index in [9.17, 15) is 9.59 Å². The monoisotopic (exact) mass is 468 g/mol. The minimum Gasteiger partial charge on any atom is -0.379 e. The highest BCUT2D eigenvalue weighted by Crippen LogP contribution is 2.31. The summed E-state index contributed by atoms with van der Waals surface area (Å²) >= 11 is 6.05. The summed E-state index contributed by atoms with van der Waals surface area (Å²) in [6.45, 7) is 4.41. The molecule has 174 valence electrons. The van der Waals surface area contributed by atoms with Crippen LogP contribution in [0.2, 0.25) is 5.02 Å². The van der Waals surface area contributed by atoms with E-state index in [0.717, 1.165) is 50.6 Å². The molecule has 0 unspecified atom stereocenters. The Morgan fingerprint density at radius 3 is 2.24 bits per heavy atom. The van der Waals surface area contributed by atoms with Crippen LogP contribution in [0.5, 0.6) is 0 Å². The maximum absolute atomic E-state index is 13.4. The summed E-state index contributed by atoms with van der Waals surface area (Å²) in [6, 6.07) is 14.7. The van der Waals surface area contributed by atoms with Gasteiger partial charge in [-0.1, -0.05) is 23.7 Å². The zero-order valence-corrected chi connectivity index (χ0v) is 19.8. The number of halogens is 1. The van der Waals surface area contributed by atoms with Gasteiger partial charge in [0.25, 0.3) is 11.8 Å². The molecular weight excluding hydrogens is 440 g/mol. The number of benzene rings is 2. The zero-order chi connectivity index (χ0) is 23.4. The number of nitrogens with zero attached hydrogens (tertiary/aromatic N) is 3. The number of carbonyl (C=O) groups excluding carboxylic acids is 2. The molecule has 7 nitrogen and oxygen atoms in total. The van der Waals surface area contributed by atoms with Crippen molar-refractivity contribution in [2.75, 3.05) is 63.7 Å². The first-order chi connectivity index (χ1) is 15.9. The number of nitrogens with one attached hydrogen (secondary N) is 1. The predicted octanol–water partition coefficient (Wildman–Crippen LogP) is 3.32. The molecule has 4 rings (SSSR count). The highest BCUT2D eigenvalue weighted by molar-refractivity contribution is 6.36. The van der Waals surface area contributed by atoms with Gasteiger partial charge in [-0.3, -0.25) is 19.4 Å². The van der Waals surface area contributed by atoms with Crippen molar-refractivity contribution in [2.45, 2.75) is 6.42 Å². The van der Waals surface area contributed by atoms with E-state index in [2.05, 4.69) is 10.2 Å². The van der Waals surface area contributed by atoms with E-state index in [1.807, 2.05) is 43.3 Å². The lowest BCUT2D eigenvalue weighted by Crippen LogP contribution is -2.39. The number of morpholine rings is 1. The average Bonchev–Trinajstić information content (AvgIpc) is 3.05. The van der Waals surface area contributed by atoms with Gasteiger partial charge in [0.05, 0.1) is 18.8 Å². The number of carbonyl (C=O) groups is 2. The molecule has 2 aliphatic rings. The summed E-state index contributed by atoms with van der Waals surface area (Å²) in [5.41, 5.74) is 3.14.